The highest BCUT2D eigenvalue weighted by atomic mass is 16.5. The van der Waals surface area contributed by atoms with Gasteiger partial charge in [-0.3, -0.25) is 4.79 Å². The van der Waals surface area contributed by atoms with E-state index in [-0.39, 0.29) is 30.5 Å². The van der Waals surface area contributed by atoms with Gasteiger partial charge in [-0.1, -0.05) is 34.6 Å². The van der Waals surface area contributed by atoms with Crippen LogP contribution in [0, 0.1) is 11.8 Å². The smallest absolute Gasteiger partial charge is 0.341 e. The molecule has 1 aromatic rings. The van der Waals surface area contributed by atoms with E-state index in [0.29, 0.717) is 29.8 Å². The number of benzene rings is 1. The molecule has 170 valence electrons. The molecule has 1 aromatic carbocycles. The summed E-state index contributed by atoms with van der Waals surface area (Å²) >= 11 is 0. The van der Waals surface area contributed by atoms with Gasteiger partial charge >= 0.3 is 5.97 Å². The van der Waals surface area contributed by atoms with Crippen molar-refractivity contribution in [2.75, 3.05) is 19.0 Å². The predicted molar refractivity (Wildman–Crippen MR) is 120 cm³/mol. The summed E-state index contributed by atoms with van der Waals surface area (Å²) < 4.78 is 16.8. The minimum Gasteiger partial charge on any atom is -0.490 e. The average Bonchev–Trinajstić information content (AvgIpc) is 2.67. The Hall–Kier alpha value is -2.08. The Labute approximate surface area is 181 Å². The van der Waals surface area contributed by atoms with Gasteiger partial charge in [0.05, 0.1) is 12.7 Å². The molecule has 0 aliphatic rings. The summed E-state index contributed by atoms with van der Waals surface area (Å²) in [6, 6.07) is 5.05. The maximum absolute atomic E-state index is 13.3. The molecule has 0 saturated heterocycles. The molecule has 6 nitrogen and oxygen atoms in total. The van der Waals surface area contributed by atoms with Crippen LogP contribution in [0.25, 0.3) is 0 Å². The SMILES string of the molecule is CCOC(=O)c1cc(NC(=O)C(CC(C)C)(CC(C)C)OC)ccc1OC(C)CC. The molecule has 0 aliphatic carbocycles. The molecule has 1 amide bonds. The first kappa shape index (κ1) is 26.0. The van der Waals surface area contributed by atoms with Crippen molar-refractivity contribution in [3.05, 3.63) is 23.8 Å². The predicted octanol–water partition coefficient (Wildman–Crippen LogP) is 5.46. The summed E-state index contributed by atoms with van der Waals surface area (Å²) in [5.74, 6) is 0.335. The molecular weight excluding hydrogens is 382 g/mol. The molecular formula is C24H39NO5. The zero-order valence-corrected chi connectivity index (χ0v) is 19.8. The second kappa shape index (κ2) is 11.9. The minimum absolute atomic E-state index is 0.0446. The standard InChI is InChI=1S/C24H39NO5/c1-9-18(7)30-21-12-11-19(13-20(21)22(26)29-10-2)25-23(27)24(28-8,14-16(3)4)15-17(5)6/h11-13,16-18H,9-10,14-15H2,1-8H3,(H,25,27). The van der Waals surface area contributed by atoms with E-state index < -0.39 is 11.6 Å². The first-order valence-corrected chi connectivity index (χ1v) is 10.9. The van der Waals surface area contributed by atoms with Crippen molar-refractivity contribution in [3.8, 4) is 5.75 Å². The lowest BCUT2D eigenvalue weighted by atomic mass is 9.84. The number of ether oxygens (including phenoxy) is 3. The highest BCUT2D eigenvalue weighted by Gasteiger charge is 2.39. The van der Waals surface area contributed by atoms with Crippen molar-refractivity contribution in [1.29, 1.82) is 0 Å². The van der Waals surface area contributed by atoms with Crippen LogP contribution in [0.4, 0.5) is 5.69 Å². The van der Waals surface area contributed by atoms with E-state index >= 15 is 0 Å². The number of amides is 1. The van der Waals surface area contributed by atoms with Gasteiger partial charge in [-0.05, 0) is 63.1 Å². The topological polar surface area (TPSA) is 73.9 Å². The van der Waals surface area contributed by atoms with Crippen LogP contribution in [0.1, 0.15) is 78.1 Å². The van der Waals surface area contributed by atoms with Gasteiger partial charge < -0.3 is 19.5 Å². The van der Waals surface area contributed by atoms with Crippen LogP contribution in [-0.4, -0.2) is 37.3 Å². The third-order valence-corrected chi connectivity index (χ3v) is 4.92. The van der Waals surface area contributed by atoms with Gasteiger partial charge in [-0.15, -0.1) is 0 Å². The summed E-state index contributed by atoms with van der Waals surface area (Å²) in [6.07, 6.45) is 1.97. The van der Waals surface area contributed by atoms with Gasteiger partial charge in [0.1, 0.15) is 16.9 Å². The van der Waals surface area contributed by atoms with Crippen molar-refractivity contribution in [2.45, 2.75) is 79.4 Å². The summed E-state index contributed by atoms with van der Waals surface area (Å²) in [4.78, 5) is 25.7. The highest BCUT2D eigenvalue weighted by molar-refractivity contribution is 5.99. The normalized spacial score (nSPS) is 12.7. The molecule has 0 fully saturated rings. The first-order chi connectivity index (χ1) is 14.1. The third-order valence-electron chi connectivity index (χ3n) is 4.92. The van der Waals surface area contributed by atoms with E-state index in [2.05, 4.69) is 33.0 Å². The van der Waals surface area contributed by atoms with Crippen LogP contribution in [0.15, 0.2) is 18.2 Å². The van der Waals surface area contributed by atoms with Gasteiger partial charge in [0, 0.05) is 12.8 Å². The van der Waals surface area contributed by atoms with Gasteiger partial charge in [0.15, 0.2) is 0 Å². The van der Waals surface area contributed by atoms with E-state index in [4.69, 9.17) is 14.2 Å². The van der Waals surface area contributed by atoms with Crippen molar-refractivity contribution in [2.24, 2.45) is 11.8 Å². The van der Waals surface area contributed by atoms with E-state index in [1.165, 1.54) is 0 Å². The van der Waals surface area contributed by atoms with Gasteiger partial charge in [-0.25, -0.2) is 4.79 Å². The van der Waals surface area contributed by atoms with Crippen LogP contribution in [-0.2, 0) is 14.3 Å². The minimum atomic E-state index is -0.932. The fourth-order valence-corrected chi connectivity index (χ4v) is 3.47. The Balaban J connectivity index is 3.24. The molecule has 1 rings (SSSR count). The monoisotopic (exact) mass is 421 g/mol. The zero-order chi connectivity index (χ0) is 22.9. The van der Waals surface area contributed by atoms with Crippen LogP contribution >= 0.6 is 0 Å². The van der Waals surface area contributed by atoms with Crippen molar-refractivity contribution < 1.29 is 23.8 Å². The third kappa shape index (κ3) is 7.31. The summed E-state index contributed by atoms with van der Waals surface area (Å²) in [6.45, 7) is 14.2. The molecule has 0 saturated carbocycles. The Morgan fingerprint density at radius 2 is 1.63 bits per heavy atom. The maximum atomic E-state index is 13.3. The quantitative estimate of drug-likeness (QED) is 0.454. The Bertz CT molecular complexity index is 689. The van der Waals surface area contributed by atoms with E-state index in [0.717, 1.165) is 6.42 Å². The van der Waals surface area contributed by atoms with Crippen LogP contribution < -0.4 is 10.1 Å². The molecule has 0 radical (unpaired) electrons. The molecule has 1 atom stereocenters. The number of carbonyl (C=O) groups is 2. The second-order valence-corrected chi connectivity index (χ2v) is 8.62. The second-order valence-electron chi connectivity index (χ2n) is 8.62. The summed E-state index contributed by atoms with van der Waals surface area (Å²) in [7, 11) is 1.58. The Morgan fingerprint density at radius 1 is 1.03 bits per heavy atom. The molecule has 30 heavy (non-hydrogen) atoms. The van der Waals surface area contributed by atoms with Crippen molar-refractivity contribution in [3.63, 3.8) is 0 Å². The maximum Gasteiger partial charge on any atom is 0.341 e. The lowest BCUT2D eigenvalue weighted by Crippen LogP contribution is -2.47. The number of hydrogen-bond donors (Lipinski definition) is 1. The lowest BCUT2D eigenvalue weighted by Gasteiger charge is -2.34. The van der Waals surface area contributed by atoms with Crippen LogP contribution in [0.3, 0.4) is 0 Å². The van der Waals surface area contributed by atoms with Gasteiger partial charge in [0.25, 0.3) is 5.91 Å². The van der Waals surface area contributed by atoms with Gasteiger partial charge in [-0.2, -0.15) is 0 Å². The van der Waals surface area contributed by atoms with Crippen molar-refractivity contribution >= 4 is 17.6 Å². The van der Waals surface area contributed by atoms with Crippen molar-refractivity contribution in [1.82, 2.24) is 0 Å². The van der Waals surface area contributed by atoms with Crippen LogP contribution in [0.2, 0.25) is 0 Å². The molecule has 0 aliphatic heterocycles. The number of methoxy groups -OCH3 is 1. The molecule has 6 heteroatoms. The summed E-state index contributed by atoms with van der Waals surface area (Å²) in [5, 5.41) is 2.95. The van der Waals surface area contributed by atoms with E-state index in [1.807, 2.05) is 13.8 Å². The molecule has 0 spiro atoms. The lowest BCUT2D eigenvalue weighted by molar-refractivity contribution is -0.142. The van der Waals surface area contributed by atoms with Gasteiger partial charge in [0.2, 0.25) is 0 Å². The Morgan fingerprint density at radius 3 is 2.10 bits per heavy atom. The first-order valence-electron chi connectivity index (χ1n) is 10.9. The number of anilines is 1. The molecule has 0 aromatic heterocycles. The number of nitrogens with one attached hydrogen (secondary N) is 1. The average molecular weight is 422 g/mol. The molecule has 0 bridgehead atoms. The Kier molecular flexibility index (Phi) is 10.3. The number of hydrogen-bond acceptors (Lipinski definition) is 5. The zero-order valence-electron chi connectivity index (χ0n) is 19.8. The van der Waals surface area contributed by atoms with E-state index in [1.54, 1.807) is 32.2 Å². The summed E-state index contributed by atoms with van der Waals surface area (Å²) in [5.41, 5.74) is -0.127. The fraction of sp³-hybridized carbons (Fsp3) is 0.667. The number of esters is 1. The largest absolute Gasteiger partial charge is 0.490 e. The molecule has 1 unspecified atom stereocenters. The fourth-order valence-electron chi connectivity index (χ4n) is 3.47. The number of rotatable bonds is 12. The van der Waals surface area contributed by atoms with Crippen LogP contribution in [0.5, 0.6) is 5.75 Å². The highest BCUT2D eigenvalue weighted by Crippen LogP contribution is 2.31. The molecule has 1 N–H and O–H groups in total. The molecule has 0 heterocycles. The van der Waals surface area contributed by atoms with E-state index in [9.17, 15) is 9.59 Å². The number of carbonyl (C=O) groups excluding carboxylic acids is 2.